The van der Waals surface area contributed by atoms with Crippen molar-refractivity contribution in [1.82, 2.24) is 9.80 Å². The molecule has 0 saturated carbocycles. The van der Waals surface area contributed by atoms with Crippen LogP contribution in [0.25, 0.3) is 0 Å². The van der Waals surface area contributed by atoms with Gasteiger partial charge in [0.2, 0.25) is 0 Å². The maximum absolute atomic E-state index is 12.4. The Balaban J connectivity index is 1.88. The maximum atomic E-state index is 12.4. The lowest BCUT2D eigenvalue weighted by atomic mass is 10.0. The molecule has 0 N–H and O–H groups in total. The fourth-order valence-corrected chi connectivity index (χ4v) is 2.68. The second-order valence-corrected chi connectivity index (χ2v) is 6.46. The molecule has 122 valence electrons. The third kappa shape index (κ3) is 4.82. The lowest BCUT2D eigenvalue weighted by Gasteiger charge is -2.32. The van der Waals surface area contributed by atoms with Crippen molar-refractivity contribution in [1.29, 1.82) is 0 Å². The number of rotatable bonds is 6. The first-order valence-electron chi connectivity index (χ1n) is 8.17. The zero-order valence-corrected chi connectivity index (χ0v) is 14.3. The van der Waals surface area contributed by atoms with Crippen LogP contribution < -0.4 is 4.74 Å². The third-order valence-corrected chi connectivity index (χ3v) is 4.11. The average molecular weight is 304 g/mol. The molecule has 2 rings (SSSR count). The number of Topliss-reactive ketones (excluding diaryl/α,β-unsaturated/α-hetero) is 1. The van der Waals surface area contributed by atoms with Crippen LogP contribution in [-0.4, -0.2) is 61.5 Å². The minimum Gasteiger partial charge on any atom is -0.491 e. The number of ketones is 1. The lowest BCUT2D eigenvalue weighted by molar-refractivity contribution is 0.0941. The fraction of sp³-hybridized carbons (Fsp3) is 0.611. The SMILES string of the molecule is Cc1cc(C(=O)CCN2CCN(C)CC2)ccc1OC(C)C. The maximum Gasteiger partial charge on any atom is 0.164 e. The predicted molar refractivity (Wildman–Crippen MR) is 89.8 cm³/mol. The Morgan fingerprint density at radius 1 is 1.23 bits per heavy atom. The largest absolute Gasteiger partial charge is 0.491 e. The number of nitrogens with zero attached hydrogens (tertiary/aromatic N) is 2. The summed E-state index contributed by atoms with van der Waals surface area (Å²) in [6.45, 7) is 11.2. The van der Waals surface area contributed by atoms with Gasteiger partial charge in [-0.05, 0) is 51.6 Å². The highest BCUT2D eigenvalue weighted by molar-refractivity contribution is 5.96. The fourth-order valence-electron chi connectivity index (χ4n) is 2.68. The molecule has 1 saturated heterocycles. The first-order chi connectivity index (χ1) is 10.5. The molecular weight excluding hydrogens is 276 g/mol. The first-order valence-corrected chi connectivity index (χ1v) is 8.17. The summed E-state index contributed by atoms with van der Waals surface area (Å²) < 4.78 is 5.72. The highest BCUT2D eigenvalue weighted by Crippen LogP contribution is 2.21. The Morgan fingerprint density at radius 3 is 2.50 bits per heavy atom. The first kappa shape index (κ1) is 17.0. The quantitative estimate of drug-likeness (QED) is 0.756. The molecule has 4 nitrogen and oxygen atoms in total. The Morgan fingerprint density at radius 2 is 1.91 bits per heavy atom. The van der Waals surface area contributed by atoms with E-state index in [0.29, 0.717) is 6.42 Å². The van der Waals surface area contributed by atoms with Crippen molar-refractivity contribution in [3.63, 3.8) is 0 Å². The molecule has 0 unspecified atom stereocenters. The summed E-state index contributed by atoms with van der Waals surface area (Å²) in [6.07, 6.45) is 0.741. The Labute approximate surface area is 134 Å². The normalized spacial score (nSPS) is 17.0. The predicted octanol–water partition coefficient (Wildman–Crippen LogP) is 2.60. The molecule has 0 bridgehead atoms. The summed E-state index contributed by atoms with van der Waals surface area (Å²) in [7, 11) is 2.14. The second-order valence-electron chi connectivity index (χ2n) is 6.46. The van der Waals surface area contributed by atoms with Gasteiger partial charge in [-0.2, -0.15) is 0 Å². The van der Waals surface area contributed by atoms with E-state index in [9.17, 15) is 4.79 Å². The number of ether oxygens (including phenoxy) is 1. The Bertz CT molecular complexity index is 506. The summed E-state index contributed by atoms with van der Waals surface area (Å²) in [5.41, 5.74) is 1.82. The third-order valence-electron chi connectivity index (χ3n) is 4.11. The summed E-state index contributed by atoms with van der Waals surface area (Å²) in [5.74, 6) is 1.09. The molecule has 1 aromatic carbocycles. The standard InChI is InChI=1S/C18H28N2O2/c1-14(2)22-18-6-5-16(13-15(18)3)17(21)7-8-20-11-9-19(4)10-12-20/h5-6,13-14H,7-12H2,1-4H3. The van der Waals surface area contributed by atoms with Crippen molar-refractivity contribution in [2.75, 3.05) is 39.8 Å². The van der Waals surface area contributed by atoms with E-state index in [1.807, 2.05) is 39.0 Å². The van der Waals surface area contributed by atoms with Crippen LogP contribution in [0.15, 0.2) is 18.2 Å². The van der Waals surface area contributed by atoms with E-state index in [0.717, 1.165) is 49.6 Å². The van der Waals surface area contributed by atoms with Crippen molar-refractivity contribution in [2.24, 2.45) is 0 Å². The summed E-state index contributed by atoms with van der Waals surface area (Å²) >= 11 is 0. The molecule has 0 aromatic heterocycles. The monoisotopic (exact) mass is 304 g/mol. The number of hydrogen-bond donors (Lipinski definition) is 0. The number of likely N-dealkylation sites (N-methyl/N-ethyl adjacent to an activating group) is 1. The minimum absolute atomic E-state index is 0.150. The molecule has 1 heterocycles. The number of benzene rings is 1. The van der Waals surface area contributed by atoms with Crippen LogP contribution in [0.3, 0.4) is 0 Å². The molecule has 0 amide bonds. The van der Waals surface area contributed by atoms with Gasteiger partial charge in [0.15, 0.2) is 5.78 Å². The number of aryl methyl sites for hydroxylation is 1. The molecular formula is C18H28N2O2. The number of carbonyl (C=O) groups is 1. The Kier molecular flexibility index (Phi) is 5.98. The molecule has 22 heavy (non-hydrogen) atoms. The van der Waals surface area contributed by atoms with E-state index in [1.165, 1.54) is 0 Å². The average Bonchev–Trinajstić information content (AvgIpc) is 2.48. The zero-order chi connectivity index (χ0) is 16.1. The van der Waals surface area contributed by atoms with Crippen molar-refractivity contribution in [2.45, 2.75) is 33.3 Å². The van der Waals surface area contributed by atoms with Gasteiger partial charge in [-0.25, -0.2) is 0 Å². The van der Waals surface area contributed by atoms with E-state index >= 15 is 0 Å². The molecule has 1 aliphatic rings. The van der Waals surface area contributed by atoms with Gasteiger partial charge in [0.1, 0.15) is 5.75 Å². The van der Waals surface area contributed by atoms with E-state index < -0.39 is 0 Å². The van der Waals surface area contributed by atoms with Crippen molar-refractivity contribution >= 4 is 5.78 Å². The van der Waals surface area contributed by atoms with Crippen LogP contribution in [-0.2, 0) is 0 Å². The van der Waals surface area contributed by atoms with Gasteiger partial charge in [-0.1, -0.05) is 0 Å². The molecule has 0 aliphatic carbocycles. The van der Waals surface area contributed by atoms with Crippen LogP contribution in [0, 0.1) is 6.92 Å². The minimum atomic E-state index is 0.150. The molecule has 1 fully saturated rings. The van der Waals surface area contributed by atoms with Gasteiger partial charge in [-0.3, -0.25) is 4.79 Å². The van der Waals surface area contributed by atoms with Crippen LogP contribution in [0.4, 0.5) is 0 Å². The van der Waals surface area contributed by atoms with E-state index in [1.54, 1.807) is 0 Å². The van der Waals surface area contributed by atoms with E-state index in [-0.39, 0.29) is 11.9 Å². The van der Waals surface area contributed by atoms with Gasteiger partial charge < -0.3 is 14.5 Å². The topological polar surface area (TPSA) is 32.8 Å². The highest BCUT2D eigenvalue weighted by atomic mass is 16.5. The van der Waals surface area contributed by atoms with E-state index in [4.69, 9.17) is 4.74 Å². The number of carbonyl (C=O) groups excluding carboxylic acids is 1. The van der Waals surface area contributed by atoms with Gasteiger partial charge >= 0.3 is 0 Å². The summed E-state index contributed by atoms with van der Waals surface area (Å²) in [6, 6.07) is 5.75. The second kappa shape index (κ2) is 7.75. The molecule has 0 atom stereocenters. The van der Waals surface area contributed by atoms with Crippen molar-refractivity contribution in [3.8, 4) is 5.75 Å². The Hall–Kier alpha value is -1.39. The number of hydrogen-bond acceptors (Lipinski definition) is 4. The van der Waals surface area contributed by atoms with Crippen molar-refractivity contribution in [3.05, 3.63) is 29.3 Å². The summed E-state index contributed by atoms with van der Waals surface area (Å²) in [4.78, 5) is 17.1. The molecule has 1 aromatic rings. The summed E-state index contributed by atoms with van der Waals surface area (Å²) in [5, 5.41) is 0. The van der Waals surface area contributed by atoms with Crippen LogP contribution in [0.1, 0.15) is 36.2 Å². The van der Waals surface area contributed by atoms with Gasteiger partial charge in [0, 0.05) is 44.7 Å². The van der Waals surface area contributed by atoms with Crippen LogP contribution in [0.5, 0.6) is 5.75 Å². The van der Waals surface area contributed by atoms with E-state index in [2.05, 4.69) is 16.8 Å². The highest BCUT2D eigenvalue weighted by Gasteiger charge is 2.15. The van der Waals surface area contributed by atoms with Gasteiger partial charge in [0.05, 0.1) is 6.10 Å². The van der Waals surface area contributed by atoms with Crippen LogP contribution in [0.2, 0.25) is 0 Å². The molecule has 0 spiro atoms. The van der Waals surface area contributed by atoms with Crippen molar-refractivity contribution < 1.29 is 9.53 Å². The smallest absolute Gasteiger partial charge is 0.164 e. The van der Waals surface area contributed by atoms with Gasteiger partial charge in [0.25, 0.3) is 0 Å². The number of piperazine rings is 1. The molecule has 0 radical (unpaired) electrons. The molecule has 1 aliphatic heterocycles. The lowest BCUT2D eigenvalue weighted by Crippen LogP contribution is -2.45. The van der Waals surface area contributed by atoms with Crippen LogP contribution >= 0.6 is 0 Å². The van der Waals surface area contributed by atoms with Gasteiger partial charge in [-0.15, -0.1) is 0 Å². The molecule has 4 heteroatoms. The zero-order valence-electron chi connectivity index (χ0n) is 14.3.